The normalized spacial score (nSPS) is 21.5. The van der Waals surface area contributed by atoms with Crippen LogP contribution in [0.15, 0.2) is 23.1 Å². The number of benzene rings is 1. The number of rotatable bonds is 4. The molecular weight excluding hydrogens is 267 g/mol. The van der Waals surface area contributed by atoms with Crippen LogP contribution in [0, 0.1) is 5.82 Å². The number of hydrogen-bond acceptors (Lipinski definition) is 3. The SMILES string of the molecule is O=C(O)C1(c2ccc(SC3COC3)c(F)c2)CCC1. The lowest BCUT2D eigenvalue weighted by Gasteiger charge is -2.38. The zero-order chi connectivity index (χ0) is 13.5. The first-order valence-electron chi connectivity index (χ1n) is 6.40. The Labute approximate surface area is 115 Å². The third-order valence-electron chi connectivity index (χ3n) is 4.00. The summed E-state index contributed by atoms with van der Waals surface area (Å²) in [5, 5.41) is 9.66. The van der Waals surface area contributed by atoms with Crippen LogP contribution in [0.5, 0.6) is 0 Å². The number of ether oxygens (including phenoxy) is 1. The fraction of sp³-hybridized carbons (Fsp3) is 0.500. The summed E-state index contributed by atoms with van der Waals surface area (Å²) >= 11 is 1.46. The van der Waals surface area contributed by atoms with Crippen LogP contribution in [-0.4, -0.2) is 29.5 Å². The van der Waals surface area contributed by atoms with Gasteiger partial charge in [-0.05, 0) is 30.5 Å². The molecule has 0 atom stereocenters. The van der Waals surface area contributed by atoms with Gasteiger partial charge in [0, 0.05) is 4.90 Å². The maximum Gasteiger partial charge on any atom is 0.314 e. The Bertz CT molecular complexity index is 509. The highest BCUT2D eigenvalue weighted by Gasteiger charge is 2.46. The van der Waals surface area contributed by atoms with E-state index in [1.165, 1.54) is 17.8 Å². The van der Waals surface area contributed by atoms with Crippen LogP contribution in [0.3, 0.4) is 0 Å². The van der Waals surface area contributed by atoms with Gasteiger partial charge in [0.2, 0.25) is 0 Å². The fourth-order valence-electron chi connectivity index (χ4n) is 2.51. The summed E-state index contributed by atoms with van der Waals surface area (Å²) in [4.78, 5) is 12.0. The van der Waals surface area contributed by atoms with E-state index in [9.17, 15) is 14.3 Å². The highest BCUT2D eigenvalue weighted by atomic mass is 32.2. The average molecular weight is 282 g/mol. The van der Waals surface area contributed by atoms with Gasteiger partial charge in [-0.3, -0.25) is 4.79 Å². The third kappa shape index (κ3) is 2.15. The minimum atomic E-state index is -0.858. The largest absolute Gasteiger partial charge is 0.481 e. The summed E-state index contributed by atoms with van der Waals surface area (Å²) in [5.41, 5.74) is -0.262. The van der Waals surface area contributed by atoms with Gasteiger partial charge in [-0.2, -0.15) is 0 Å². The van der Waals surface area contributed by atoms with Crippen molar-refractivity contribution in [3.8, 4) is 0 Å². The molecule has 1 aromatic rings. The van der Waals surface area contributed by atoms with Crippen LogP contribution in [0.2, 0.25) is 0 Å². The molecule has 0 radical (unpaired) electrons. The fourth-order valence-corrected chi connectivity index (χ4v) is 3.52. The van der Waals surface area contributed by atoms with Gasteiger partial charge in [0.15, 0.2) is 0 Å². The van der Waals surface area contributed by atoms with Crippen molar-refractivity contribution >= 4 is 17.7 Å². The van der Waals surface area contributed by atoms with Crippen LogP contribution in [-0.2, 0) is 14.9 Å². The highest BCUT2D eigenvalue weighted by Crippen LogP contribution is 2.45. The standard InChI is InChI=1S/C14H15FO3S/c15-11-6-9(14(13(16)17)4-1-5-14)2-3-12(11)19-10-7-18-8-10/h2-3,6,10H,1,4-5,7-8H2,(H,16,17). The highest BCUT2D eigenvalue weighted by molar-refractivity contribution is 8.00. The first-order valence-corrected chi connectivity index (χ1v) is 7.28. The van der Waals surface area contributed by atoms with Crippen molar-refractivity contribution in [1.29, 1.82) is 0 Å². The molecule has 0 unspecified atom stereocenters. The smallest absolute Gasteiger partial charge is 0.314 e. The van der Waals surface area contributed by atoms with E-state index in [0.717, 1.165) is 6.42 Å². The van der Waals surface area contributed by atoms with Crippen LogP contribution < -0.4 is 0 Å². The Kier molecular flexibility index (Phi) is 3.27. The molecule has 3 rings (SSSR count). The summed E-state index contributed by atoms with van der Waals surface area (Å²) in [5.74, 6) is -1.16. The summed E-state index contributed by atoms with van der Waals surface area (Å²) < 4.78 is 19.1. The molecule has 2 fully saturated rings. The van der Waals surface area contributed by atoms with Crippen molar-refractivity contribution in [2.45, 2.75) is 34.8 Å². The molecule has 0 aromatic heterocycles. The molecule has 19 heavy (non-hydrogen) atoms. The molecule has 1 aliphatic heterocycles. The first-order chi connectivity index (χ1) is 9.12. The lowest BCUT2D eigenvalue weighted by Crippen LogP contribution is -2.42. The van der Waals surface area contributed by atoms with E-state index in [1.54, 1.807) is 12.1 Å². The van der Waals surface area contributed by atoms with Crippen LogP contribution in [0.4, 0.5) is 4.39 Å². The molecule has 1 saturated carbocycles. The maximum absolute atomic E-state index is 14.1. The molecule has 1 saturated heterocycles. The molecule has 0 spiro atoms. The number of aliphatic carboxylic acids is 1. The molecule has 0 bridgehead atoms. The minimum absolute atomic E-state index is 0.317. The zero-order valence-electron chi connectivity index (χ0n) is 10.4. The Morgan fingerprint density at radius 1 is 1.42 bits per heavy atom. The number of halogens is 1. The van der Waals surface area contributed by atoms with Gasteiger partial charge >= 0.3 is 5.97 Å². The summed E-state index contributed by atoms with van der Waals surface area (Å²) in [6.07, 6.45) is 2.10. The molecule has 1 aliphatic carbocycles. The van der Waals surface area contributed by atoms with Gasteiger partial charge in [-0.15, -0.1) is 11.8 Å². The quantitative estimate of drug-likeness (QED) is 0.922. The predicted octanol–water partition coefficient (Wildman–Crippen LogP) is 2.82. The average Bonchev–Trinajstić information content (AvgIpc) is 2.23. The van der Waals surface area contributed by atoms with E-state index >= 15 is 0 Å². The van der Waals surface area contributed by atoms with E-state index in [-0.39, 0.29) is 5.82 Å². The number of thioether (sulfide) groups is 1. The molecule has 102 valence electrons. The third-order valence-corrected chi connectivity index (χ3v) is 5.19. The second-order valence-electron chi connectivity index (χ2n) is 5.16. The van der Waals surface area contributed by atoms with Crippen LogP contribution in [0.1, 0.15) is 24.8 Å². The number of carboxylic acids is 1. The van der Waals surface area contributed by atoms with Gasteiger partial charge in [-0.25, -0.2) is 4.39 Å². The predicted molar refractivity (Wildman–Crippen MR) is 70.0 cm³/mol. The Morgan fingerprint density at radius 2 is 2.16 bits per heavy atom. The number of carbonyl (C=O) groups is 1. The molecule has 5 heteroatoms. The van der Waals surface area contributed by atoms with Crippen molar-refractivity contribution in [2.24, 2.45) is 0 Å². The maximum atomic E-state index is 14.1. The minimum Gasteiger partial charge on any atom is -0.481 e. The Hall–Kier alpha value is -1.07. The molecule has 1 N–H and O–H groups in total. The number of carboxylic acid groups (broad SMARTS) is 1. The van der Waals surface area contributed by atoms with Crippen molar-refractivity contribution in [3.05, 3.63) is 29.6 Å². The van der Waals surface area contributed by atoms with Gasteiger partial charge < -0.3 is 9.84 Å². The van der Waals surface area contributed by atoms with Gasteiger partial charge in [0.25, 0.3) is 0 Å². The molecule has 3 nitrogen and oxygen atoms in total. The summed E-state index contributed by atoms with van der Waals surface area (Å²) in [7, 11) is 0. The van der Waals surface area contributed by atoms with Crippen molar-refractivity contribution in [3.63, 3.8) is 0 Å². The molecular formula is C14H15FO3S. The molecule has 1 heterocycles. The lowest BCUT2D eigenvalue weighted by molar-refractivity contribution is -0.147. The monoisotopic (exact) mass is 282 g/mol. The molecule has 0 amide bonds. The van der Waals surface area contributed by atoms with Gasteiger partial charge in [0.05, 0.1) is 23.9 Å². The number of hydrogen-bond donors (Lipinski definition) is 1. The Balaban J connectivity index is 1.84. The van der Waals surface area contributed by atoms with E-state index < -0.39 is 11.4 Å². The second kappa shape index (κ2) is 4.80. The van der Waals surface area contributed by atoms with Crippen LogP contribution >= 0.6 is 11.8 Å². The van der Waals surface area contributed by atoms with E-state index in [2.05, 4.69) is 0 Å². The van der Waals surface area contributed by atoms with Crippen molar-refractivity contribution in [2.75, 3.05) is 13.2 Å². The van der Waals surface area contributed by atoms with Crippen molar-refractivity contribution in [1.82, 2.24) is 0 Å². The summed E-state index contributed by atoms with van der Waals surface area (Å²) in [6.45, 7) is 1.32. The molecule has 1 aromatic carbocycles. The van der Waals surface area contributed by atoms with E-state index in [0.29, 0.717) is 41.8 Å². The van der Waals surface area contributed by atoms with Gasteiger partial charge in [-0.1, -0.05) is 12.5 Å². The molecule has 2 aliphatic rings. The lowest BCUT2D eigenvalue weighted by atomic mass is 9.64. The summed E-state index contributed by atoms with van der Waals surface area (Å²) in [6, 6.07) is 4.87. The van der Waals surface area contributed by atoms with E-state index in [1.807, 2.05) is 0 Å². The van der Waals surface area contributed by atoms with Crippen LogP contribution in [0.25, 0.3) is 0 Å². The van der Waals surface area contributed by atoms with Crippen molar-refractivity contribution < 1.29 is 19.0 Å². The first kappa shape index (κ1) is 12.9. The topological polar surface area (TPSA) is 46.5 Å². The zero-order valence-corrected chi connectivity index (χ0v) is 11.2. The van der Waals surface area contributed by atoms with E-state index in [4.69, 9.17) is 4.74 Å². The second-order valence-corrected chi connectivity index (χ2v) is 6.51. The Morgan fingerprint density at radius 3 is 2.58 bits per heavy atom. The van der Waals surface area contributed by atoms with Gasteiger partial charge in [0.1, 0.15) is 5.82 Å².